The van der Waals surface area contributed by atoms with Crippen LogP contribution in [0.2, 0.25) is 0 Å². The van der Waals surface area contributed by atoms with Gasteiger partial charge in [0.05, 0.1) is 4.88 Å². The largest absolute Gasteiger partial charge is 0.361 e. The van der Waals surface area contributed by atoms with Crippen LogP contribution in [-0.2, 0) is 6.42 Å². The summed E-state index contributed by atoms with van der Waals surface area (Å²) >= 11 is 1.53. The Morgan fingerprint density at radius 2 is 1.76 bits per heavy atom. The number of hydrogen-bond acceptors (Lipinski definition) is 2. The molecular weight excluding hydrogens is 328 g/mol. The third-order valence-corrected chi connectivity index (χ3v) is 5.38. The zero-order valence-electron chi connectivity index (χ0n) is 13.7. The summed E-state index contributed by atoms with van der Waals surface area (Å²) in [5, 5.41) is 4.25. The third kappa shape index (κ3) is 3.35. The number of para-hydroxylation sites is 1. The summed E-state index contributed by atoms with van der Waals surface area (Å²) in [5.41, 5.74) is 3.51. The van der Waals surface area contributed by atoms with Crippen LogP contribution in [0.4, 0.5) is 0 Å². The fourth-order valence-corrected chi connectivity index (χ4v) is 3.88. The SMILES string of the molecule is O=C(NCCc1c[nH]c2ccccc12)c1ccc(-c2ccccc2)s1. The van der Waals surface area contributed by atoms with Gasteiger partial charge in [-0.3, -0.25) is 4.79 Å². The maximum Gasteiger partial charge on any atom is 0.261 e. The Morgan fingerprint density at radius 1 is 0.960 bits per heavy atom. The van der Waals surface area contributed by atoms with Crippen LogP contribution in [0.25, 0.3) is 21.3 Å². The summed E-state index contributed by atoms with van der Waals surface area (Å²) in [4.78, 5) is 17.5. The molecule has 0 spiro atoms. The molecule has 0 aliphatic rings. The van der Waals surface area contributed by atoms with E-state index < -0.39 is 0 Å². The molecule has 4 rings (SSSR count). The van der Waals surface area contributed by atoms with Gasteiger partial charge in [-0.15, -0.1) is 11.3 Å². The predicted octanol–water partition coefficient (Wildman–Crippen LogP) is 4.87. The fourth-order valence-electron chi connectivity index (χ4n) is 2.95. The molecule has 0 aliphatic carbocycles. The molecular formula is C21H18N2OS. The van der Waals surface area contributed by atoms with Gasteiger partial charge in [-0.1, -0.05) is 48.5 Å². The molecule has 3 nitrogen and oxygen atoms in total. The minimum Gasteiger partial charge on any atom is -0.361 e. The van der Waals surface area contributed by atoms with Crippen molar-refractivity contribution in [3.8, 4) is 10.4 Å². The van der Waals surface area contributed by atoms with Gasteiger partial charge in [0, 0.05) is 28.5 Å². The number of thiophene rings is 1. The first-order chi connectivity index (χ1) is 12.3. The second-order valence-corrected chi connectivity index (χ2v) is 6.98. The summed E-state index contributed by atoms with van der Waals surface area (Å²) < 4.78 is 0. The average Bonchev–Trinajstić information content (AvgIpc) is 3.30. The number of carbonyl (C=O) groups excluding carboxylic acids is 1. The summed E-state index contributed by atoms with van der Waals surface area (Å²) in [6, 6.07) is 22.3. The van der Waals surface area contributed by atoms with Crippen molar-refractivity contribution in [1.82, 2.24) is 10.3 Å². The van der Waals surface area contributed by atoms with Crippen LogP contribution >= 0.6 is 11.3 Å². The molecule has 0 saturated carbocycles. The molecule has 0 atom stereocenters. The number of aromatic nitrogens is 1. The van der Waals surface area contributed by atoms with E-state index in [0.717, 1.165) is 27.3 Å². The highest BCUT2D eigenvalue weighted by atomic mass is 32.1. The average molecular weight is 346 g/mol. The van der Waals surface area contributed by atoms with E-state index >= 15 is 0 Å². The van der Waals surface area contributed by atoms with E-state index in [2.05, 4.69) is 34.6 Å². The van der Waals surface area contributed by atoms with Crippen molar-refractivity contribution in [1.29, 1.82) is 0 Å². The number of H-pyrrole nitrogens is 1. The third-order valence-electron chi connectivity index (χ3n) is 4.24. The summed E-state index contributed by atoms with van der Waals surface area (Å²) in [7, 11) is 0. The molecule has 0 aliphatic heterocycles. The topological polar surface area (TPSA) is 44.9 Å². The molecule has 2 heterocycles. The zero-order valence-corrected chi connectivity index (χ0v) is 14.5. The van der Waals surface area contributed by atoms with Gasteiger partial charge in [-0.25, -0.2) is 0 Å². The lowest BCUT2D eigenvalue weighted by molar-refractivity contribution is 0.0958. The minimum absolute atomic E-state index is 0.00739. The molecule has 124 valence electrons. The first-order valence-electron chi connectivity index (χ1n) is 8.30. The van der Waals surface area contributed by atoms with E-state index in [4.69, 9.17) is 0 Å². The van der Waals surface area contributed by atoms with Gasteiger partial charge in [0.2, 0.25) is 0 Å². The molecule has 0 saturated heterocycles. The quantitative estimate of drug-likeness (QED) is 0.532. The first-order valence-corrected chi connectivity index (χ1v) is 9.11. The number of benzene rings is 2. The van der Waals surface area contributed by atoms with Gasteiger partial charge >= 0.3 is 0 Å². The number of carbonyl (C=O) groups is 1. The van der Waals surface area contributed by atoms with Crippen molar-refractivity contribution in [2.75, 3.05) is 6.54 Å². The maximum absolute atomic E-state index is 12.4. The van der Waals surface area contributed by atoms with Crippen LogP contribution in [0.5, 0.6) is 0 Å². The van der Waals surface area contributed by atoms with E-state index in [1.54, 1.807) is 0 Å². The summed E-state index contributed by atoms with van der Waals surface area (Å²) in [6.07, 6.45) is 2.84. The highest BCUT2D eigenvalue weighted by Crippen LogP contribution is 2.27. The van der Waals surface area contributed by atoms with Gasteiger partial charge in [-0.2, -0.15) is 0 Å². The molecule has 0 radical (unpaired) electrons. The molecule has 0 unspecified atom stereocenters. The second-order valence-electron chi connectivity index (χ2n) is 5.90. The van der Waals surface area contributed by atoms with Crippen LogP contribution in [-0.4, -0.2) is 17.4 Å². The van der Waals surface area contributed by atoms with Crippen LogP contribution in [0.1, 0.15) is 15.2 Å². The Bertz CT molecular complexity index is 1000. The van der Waals surface area contributed by atoms with E-state index in [-0.39, 0.29) is 5.91 Å². The predicted molar refractivity (Wildman–Crippen MR) is 104 cm³/mol. The Labute approximate surface area is 150 Å². The number of amides is 1. The van der Waals surface area contributed by atoms with Crippen LogP contribution in [0.15, 0.2) is 72.9 Å². The van der Waals surface area contributed by atoms with Gasteiger partial charge in [0.15, 0.2) is 0 Å². The lowest BCUT2D eigenvalue weighted by Crippen LogP contribution is -2.24. The van der Waals surface area contributed by atoms with E-state index in [9.17, 15) is 4.79 Å². The van der Waals surface area contributed by atoms with E-state index in [1.807, 2.05) is 48.7 Å². The van der Waals surface area contributed by atoms with Crippen molar-refractivity contribution >= 4 is 28.1 Å². The monoisotopic (exact) mass is 346 g/mol. The lowest BCUT2D eigenvalue weighted by Gasteiger charge is -2.03. The maximum atomic E-state index is 12.4. The van der Waals surface area contributed by atoms with Crippen LogP contribution in [0, 0.1) is 0 Å². The van der Waals surface area contributed by atoms with E-state index in [1.165, 1.54) is 22.3 Å². The molecule has 0 bridgehead atoms. The number of hydrogen-bond donors (Lipinski definition) is 2. The Balaban J connectivity index is 1.39. The normalized spacial score (nSPS) is 10.9. The van der Waals surface area contributed by atoms with Crippen molar-refractivity contribution in [3.63, 3.8) is 0 Å². The molecule has 4 aromatic rings. The number of fused-ring (bicyclic) bond motifs is 1. The summed E-state index contributed by atoms with van der Waals surface area (Å²) in [6.45, 7) is 0.624. The summed E-state index contributed by atoms with van der Waals surface area (Å²) in [5.74, 6) is -0.00739. The number of nitrogens with one attached hydrogen (secondary N) is 2. The number of aromatic amines is 1. The highest BCUT2D eigenvalue weighted by molar-refractivity contribution is 7.17. The lowest BCUT2D eigenvalue weighted by atomic mass is 10.1. The van der Waals surface area contributed by atoms with Crippen LogP contribution < -0.4 is 5.32 Å². The van der Waals surface area contributed by atoms with Crippen molar-refractivity contribution in [2.45, 2.75) is 6.42 Å². The van der Waals surface area contributed by atoms with Crippen molar-refractivity contribution < 1.29 is 4.79 Å². The molecule has 25 heavy (non-hydrogen) atoms. The Hall–Kier alpha value is -2.85. The number of rotatable bonds is 5. The minimum atomic E-state index is -0.00739. The molecule has 1 amide bonds. The standard InChI is InChI=1S/C21H18N2OS/c24-21(20-11-10-19(25-20)15-6-2-1-3-7-15)22-13-12-16-14-23-18-9-5-4-8-17(16)18/h1-11,14,23H,12-13H2,(H,22,24). The van der Waals surface area contributed by atoms with Crippen LogP contribution in [0.3, 0.4) is 0 Å². The van der Waals surface area contributed by atoms with Gasteiger partial charge in [0.25, 0.3) is 5.91 Å². The van der Waals surface area contributed by atoms with E-state index in [0.29, 0.717) is 6.54 Å². The zero-order chi connectivity index (χ0) is 17.1. The van der Waals surface area contributed by atoms with Crippen molar-refractivity contribution in [3.05, 3.63) is 83.4 Å². The fraction of sp³-hybridized carbons (Fsp3) is 0.0952. The first kappa shape index (κ1) is 15.7. The highest BCUT2D eigenvalue weighted by Gasteiger charge is 2.10. The van der Waals surface area contributed by atoms with Crippen molar-refractivity contribution in [2.24, 2.45) is 0 Å². The van der Waals surface area contributed by atoms with Gasteiger partial charge < -0.3 is 10.3 Å². The Morgan fingerprint density at radius 3 is 2.64 bits per heavy atom. The molecule has 2 N–H and O–H groups in total. The molecule has 0 fully saturated rings. The van der Waals surface area contributed by atoms with Gasteiger partial charge in [-0.05, 0) is 35.7 Å². The smallest absolute Gasteiger partial charge is 0.261 e. The molecule has 2 aromatic carbocycles. The van der Waals surface area contributed by atoms with Gasteiger partial charge in [0.1, 0.15) is 0 Å². The molecule has 2 aromatic heterocycles. The Kier molecular flexibility index (Phi) is 4.36. The second kappa shape index (κ2) is 6.95. The molecule has 4 heteroatoms.